The van der Waals surface area contributed by atoms with Crippen molar-refractivity contribution in [1.82, 2.24) is 4.72 Å². The number of nitrogens with one attached hydrogen (secondary N) is 1. The minimum Gasteiger partial charge on any atom is -0.330 e. The Morgan fingerprint density at radius 1 is 1.23 bits per heavy atom. The summed E-state index contributed by atoms with van der Waals surface area (Å²) in [4.78, 5) is 0. The first-order valence-corrected chi connectivity index (χ1v) is 6.45. The second-order valence-corrected chi connectivity index (χ2v) is 4.99. The number of hydrogen-bond donors (Lipinski definition) is 2. The van der Waals surface area contributed by atoms with E-state index < -0.39 is 10.0 Å². The van der Waals surface area contributed by atoms with Crippen LogP contribution in [0.1, 0.15) is 32.6 Å². The highest BCUT2D eigenvalue weighted by atomic mass is 32.2. The molecule has 3 N–H and O–H groups in total. The average molecular weight is 208 g/mol. The second-order valence-electron chi connectivity index (χ2n) is 3.06. The summed E-state index contributed by atoms with van der Waals surface area (Å²) in [6.07, 6.45) is 3.50. The Morgan fingerprint density at radius 3 is 2.46 bits per heavy atom. The van der Waals surface area contributed by atoms with E-state index in [1.807, 2.05) is 6.92 Å². The van der Waals surface area contributed by atoms with E-state index in [4.69, 9.17) is 5.73 Å². The zero-order valence-electron chi connectivity index (χ0n) is 8.25. The average Bonchev–Trinajstić information content (AvgIpc) is 2.04. The summed E-state index contributed by atoms with van der Waals surface area (Å²) in [6.45, 7) is 3.08. The summed E-state index contributed by atoms with van der Waals surface area (Å²) < 4.78 is 24.8. The molecule has 80 valence electrons. The molecule has 0 spiro atoms. The van der Waals surface area contributed by atoms with Crippen LogP contribution in [0.5, 0.6) is 0 Å². The largest absolute Gasteiger partial charge is 0.330 e. The lowest BCUT2D eigenvalue weighted by molar-refractivity contribution is 0.573. The van der Waals surface area contributed by atoms with Crippen molar-refractivity contribution in [2.45, 2.75) is 32.6 Å². The van der Waals surface area contributed by atoms with Gasteiger partial charge in [0, 0.05) is 6.54 Å². The van der Waals surface area contributed by atoms with Crippen LogP contribution in [0.25, 0.3) is 0 Å². The van der Waals surface area contributed by atoms with Gasteiger partial charge in [0.15, 0.2) is 0 Å². The Hall–Kier alpha value is -0.130. The number of unbranched alkanes of at least 4 members (excludes halogenated alkanes) is 2. The molecule has 0 aliphatic heterocycles. The fourth-order valence-electron chi connectivity index (χ4n) is 1.01. The fraction of sp³-hybridized carbons (Fsp3) is 1.00. The predicted molar refractivity (Wildman–Crippen MR) is 55.0 cm³/mol. The van der Waals surface area contributed by atoms with Gasteiger partial charge in [-0.1, -0.05) is 13.3 Å². The molecule has 0 aromatic heterocycles. The van der Waals surface area contributed by atoms with E-state index in [2.05, 4.69) is 4.72 Å². The van der Waals surface area contributed by atoms with Gasteiger partial charge < -0.3 is 5.73 Å². The molecular formula is C8H20N2O2S. The molecule has 0 saturated heterocycles. The normalized spacial score (nSPS) is 11.8. The van der Waals surface area contributed by atoms with Crippen LogP contribution in [-0.4, -0.2) is 27.3 Å². The molecule has 0 aliphatic rings. The highest BCUT2D eigenvalue weighted by Crippen LogP contribution is 1.93. The van der Waals surface area contributed by atoms with E-state index in [0.717, 1.165) is 19.3 Å². The summed E-state index contributed by atoms with van der Waals surface area (Å²) in [5.41, 5.74) is 5.31. The first kappa shape index (κ1) is 12.9. The smallest absolute Gasteiger partial charge is 0.211 e. The van der Waals surface area contributed by atoms with Crippen molar-refractivity contribution in [3.63, 3.8) is 0 Å². The highest BCUT2D eigenvalue weighted by molar-refractivity contribution is 7.89. The molecule has 0 aromatic rings. The van der Waals surface area contributed by atoms with Crippen molar-refractivity contribution in [3.8, 4) is 0 Å². The standard InChI is InChI=1S/C8H20N2O2S/c1-2-8-13(11,12)10-7-5-3-4-6-9/h10H,2-9H2,1H3. The monoisotopic (exact) mass is 208 g/mol. The quantitative estimate of drug-likeness (QED) is 0.569. The Labute approximate surface area is 80.9 Å². The first-order valence-electron chi connectivity index (χ1n) is 4.80. The van der Waals surface area contributed by atoms with Gasteiger partial charge in [-0.05, 0) is 25.8 Å². The van der Waals surface area contributed by atoms with Crippen molar-refractivity contribution in [2.24, 2.45) is 5.73 Å². The van der Waals surface area contributed by atoms with Gasteiger partial charge >= 0.3 is 0 Å². The molecule has 0 atom stereocenters. The molecule has 0 saturated carbocycles. The van der Waals surface area contributed by atoms with Gasteiger partial charge in [0.05, 0.1) is 5.75 Å². The fourth-order valence-corrected chi connectivity index (χ4v) is 2.15. The van der Waals surface area contributed by atoms with Crippen molar-refractivity contribution in [2.75, 3.05) is 18.8 Å². The third-order valence-electron chi connectivity index (χ3n) is 1.68. The predicted octanol–water partition coefficient (Wildman–Crippen LogP) is 0.445. The van der Waals surface area contributed by atoms with E-state index in [9.17, 15) is 8.42 Å². The maximum atomic E-state index is 11.1. The van der Waals surface area contributed by atoms with Crippen molar-refractivity contribution in [1.29, 1.82) is 0 Å². The Balaban J connectivity index is 3.41. The molecule has 0 amide bonds. The van der Waals surface area contributed by atoms with Crippen molar-refractivity contribution in [3.05, 3.63) is 0 Å². The lowest BCUT2D eigenvalue weighted by Crippen LogP contribution is -2.27. The summed E-state index contributed by atoms with van der Waals surface area (Å²) in [5.74, 6) is 0.226. The highest BCUT2D eigenvalue weighted by Gasteiger charge is 2.06. The van der Waals surface area contributed by atoms with Crippen LogP contribution in [0.3, 0.4) is 0 Å². The Morgan fingerprint density at radius 2 is 1.92 bits per heavy atom. The maximum absolute atomic E-state index is 11.1. The van der Waals surface area contributed by atoms with Crippen LogP contribution in [0.2, 0.25) is 0 Å². The minimum absolute atomic E-state index is 0.226. The topological polar surface area (TPSA) is 72.2 Å². The van der Waals surface area contributed by atoms with Gasteiger partial charge in [-0.2, -0.15) is 0 Å². The molecule has 0 fully saturated rings. The Kier molecular flexibility index (Phi) is 7.22. The molecule has 0 unspecified atom stereocenters. The van der Waals surface area contributed by atoms with Gasteiger partial charge in [-0.15, -0.1) is 0 Å². The van der Waals surface area contributed by atoms with Gasteiger partial charge in [0.25, 0.3) is 0 Å². The molecular weight excluding hydrogens is 188 g/mol. The van der Waals surface area contributed by atoms with Gasteiger partial charge in [0.1, 0.15) is 0 Å². The van der Waals surface area contributed by atoms with E-state index in [0.29, 0.717) is 19.5 Å². The third kappa shape index (κ3) is 8.21. The molecule has 0 bridgehead atoms. The van der Waals surface area contributed by atoms with Gasteiger partial charge in [-0.3, -0.25) is 0 Å². The van der Waals surface area contributed by atoms with Gasteiger partial charge in [0.2, 0.25) is 10.0 Å². The summed E-state index contributed by atoms with van der Waals surface area (Å²) >= 11 is 0. The number of nitrogens with two attached hydrogens (primary N) is 1. The molecule has 0 rings (SSSR count). The zero-order chi connectivity index (χ0) is 10.2. The molecule has 4 nitrogen and oxygen atoms in total. The summed E-state index contributed by atoms with van der Waals surface area (Å²) in [5, 5.41) is 0. The van der Waals surface area contributed by atoms with E-state index in [-0.39, 0.29) is 5.75 Å². The molecule has 0 heterocycles. The van der Waals surface area contributed by atoms with Crippen molar-refractivity contribution < 1.29 is 8.42 Å². The minimum atomic E-state index is -3.00. The molecule has 0 aliphatic carbocycles. The molecule has 0 aromatic carbocycles. The molecule has 13 heavy (non-hydrogen) atoms. The van der Waals surface area contributed by atoms with E-state index >= 15 is 0 Å². The van der Waals surface area contributed by atoms with E-state index in [1.54, 1.807) is 0 Å². The lowest BCUT2D eigenvalue weighted by Gasteiger charge is -2.04. The molecule has 5 heteroatoms. The summed E-state index contributed by atoms with van der Waals surface area (Å²) in [7, 11) is -3.00. The zero-order valence-corrected chi connectivity index (χ0v) is 9.07. The maximum Gasteiger partial charge on any atom is 0.211 e. The van der Waals surface area contributed by atoms with E-state index in [1.165, 1.54) is 0 Å². The van der Waals surface area contributed by atoms with Crippen LogP contribution in [-0.2, 0) is 10.0 Å². The van der Waals surface area contributed by atoms with Crippen LogP contribution >= 0.6 is 0 Å². The van der Waals surface area contributed by atoms with Crippen LogP contribution in [0.4, 0.5) is 0 Å². The van der Waals surface area contributed by atoms with Crippen LogP contribution in [0, 0.1) is 0 Å². The lowest BCUT2D eigenvalue weighted by atomic mass is 10.2. The second kappa shape index (κ2) is 7.29. The number of sulfonamides is 1. The third-order valence-corrected chi connectivity index (χ3v) is 3.27. The SMILES string of the molecule is CCCS(=O)(=O)NCCCCCN. The van der Waals surface area contributed by atoms with Crippen LogP contribution < -0.4 is 10.5 Å². The Bertz CT molecular complexity index is 202. The van der Waals surface area contributed by atoms with Gasteiger partial charge in [-0.25, -0.2) is 13.1 Å². The first-order chi connectivity index (χ1) is 6.12. The number of rotatable bonds is 8. The number of hydrogen-bond acceptors (Lipinski definition) is 3. The summed E-state index contributed by atoms with van der Waals surface area (Å²) in [6, 6.07) is 0. The van der Waals surface area contributed by atoms with Crippen molar-refractivity contribution >= 4 is 10.0 Å². The molecule has 0 radical (unpaired) electrons. The van der Waals surface area contributed by atoms with Crippen LogP contribution in [0.15, 0.2) is 0 Å².